The Balaban J connectivity index is 3.21. The maximum atomic E-state index is 13.0. The van der Waals surface area contributed by atoms with Crippen molar-refractivity contribution in [1.82, 2.24) is 0 Å². The quantitative estimate of drug-likeness (QED) is 0.659. The summed E-state index contributed by atoms with van der Waals surface area (Å²) in [6.07, 6.45) is -4.53. The molecule has 0 heterocycles. The van der Waals surface area contributed by atoms with Gasteiger partial charge in [0.1, 0.15) is 5.82 Å². The van der Waals surface area contributed by atoms with Gasteiger partial charge in [0.15, 0.2) is 0 Å². The van der Waals surface area contributed by atoms with E-state index in [1.165, 1.54) is 7.05 Å². The van der Waals surface area contributed by atoms with Gasteiger partial charge in [0, 0.05) is 0 Å². The third kappa shape index (κ3) is 2.23. The molecule has 0 aromatic heterocycles. The first kappa shape index (κ1) is 11.0. The van der Waals surface area contributed by atoms with E-state index < -0.39 is 23.1 Å². The monoisotopic (exact) mass is 206 g/mol. The Morgan fingerprint density at radius 1 is 1.29 bits per heavy atom. The number of hydrogen-bond donors (Lipinski definition) is 0. The zero-order valence-electron chi connectivity index (χ0n) is 7.40. The van der Waals surface area contributed by atoms with E-state index in [4.69, 9.17) is 0 Å². The van der Waals surface area contributed by atoms with E-state index in [-0.39, 0.29) is 6.54 Å². The summed E-state index contributed by atoms with van der Waals surface area (Å²) in [7, 11) is 1.34. The molecule has 5 heteroatoms. The lowest BCUT2D eigenvalue weighted by molar-refractivity contribution is -0.138. The Hall–Kier alpha value is -1.10. The molecule has 0 saturated carbocycles. The predicted octanol–water partition coefficient (Wildman–Crippen LogP) is 3.35. The van der Waals surface area contributed by atoms with E-state index in [1.807, 2.05) is 0 Å². The van der Waals surface area contributed by atoms with Crippen LogP contribution in [0.2, 0.25) is 0 Å². The Morgan fingerprint density at radius 3 is 2.43 bits per heavy atom. The molecule has 0 unspecified atom stereocenters. The van der Waals surface area contributed by atoms with Crippen molar-refractivity contribution in [3.8, 4) is 0 Å². The largest absolute Gasteiger partial charge is 0.661 e. The van der Waals surface area contributed by atoms with Crippen LogP contribution in [0, 0.1) is 5.82 Å². The van der Waals surface area contributed by atoms with Crippen LogP contribution < -0.4 is 0 Å². The molecule has 0 radical (unpaired) electrons. The Morgan fingerprint density at radius 2 is 1.93 bits per heavy atom. The number of benzene rings is 1. The average molecular weight is 206 g/mol. The van der Waals surface area contributed by atoms with Gasteiger partial charge < -0.3 is 5.32 Å². The van der Waals surface area contributed by atoms with E-state index in [0.717, 1.165) is 18.2 Å². The zero-order chi connectivity index (χ0) is 10.8. The fourth-order valence-corrected chi connectivity index (χ4v) is 1.14. The summed E-state index contributed by atoms with van der Waals surface area (Å²) in [6.45, 7) is -0.262. The van der Waals surface area contributed by atoms with Gasteiger partial charge in [0.25, 0.3) is 0 Å². The van der Waals surface area contributed by atoms with Crippen LogP contribution in [-0.4, -0.2) is 7.05 Å². The highest BCUT2D eigenvalue weighted by Gasteiger charge is 2.33. The van der Waals surface area contributed by atoms with Gasteiger partial charge >= 0.3 is 6.18 Å². The number of halogens is 4. The number of hydrogen-bond acceptors (Lipinski definition) is 0. The summed E-state index contributed by atoms with van der Waals surface area (Å²) < 4.78 is 50.0. The highest BCUT2D eigenvalue weighted by molar-refractivity contribution is 5.32. The van der Waals surface area contributed by atoms with Crippen LogP contribution in [0.5, 0.6) is 0 Å². The normalized spacial score (nSPS) is 11.8. The molecule has 0 aliphatic carbocycles. The molecule has 14 heavy (non-hydrogen) atoms. The summed E-state index contributed by atoms with van der Waals surface area (Å²) >= 11 is 0. The van der Waals surface area contributed by atoms with Gasteiger partial charge in [-0.1, -0.05) is 6.07 Å². The second kappa shape index (κ2) is 3.96. The van der Waals surface area contributed by atoms with Crippen LogP contribution >= 0.6 is 0 Å². The first-order chi connectivity index (χ1) is 6.46. The summed E-state index contributed by atoms with van der Waals surface area (Å²) in [5.41, 5.74) is -1.36. The van der Waals surface area contributed by atoms with Crippen molar-refractivity contribution in [3.63, 3.8) is 0 Å². The van der Waals surface area contributed by atoms with Crippen molar-refractivity contribution in [2.45, 2.75) is 12.7 Å². The van der Waals surface area contributed by atoms with Crippen molar-refractivity contribution < 1.29 is 17.6 Å². The summed E-state index contributed by atoms with van der Waals surface area (Å²) in [5.74, 6) is -0.870. The molecule has 0 spiro atoms. The van der Waals surface area contributed by atoms with Gasteiger partial charge in [-0.25, -0.2) is 4.39 Å². The second-order valence-corrected chi connectivity index (χ2v) is 2.74. The van der Waals surface area contributed by atoms with E-state index in [9.17, 15) is 17.6 Å². The summed E-state index contributed by atoms with van der Waals surface area (Å²) in [5, 5.41) is 3.50. The Bertz CT molecular complexity index is 319. The molecular formula is C9H8F4N-. The predicted molar refractivity (Wildman–Crippen MR) is 44.4 cm³/mol. The Kier molecular flexibility index (Phi) is 3.10. The maximum Gasteiger partial charge on any atom is 0.416 e. The average Bonchev–Trinajstić information content (AvgIpc) is 2.07. The van der Waals surface area contributed by atoms with Crippen LogP contribution in [0.4, 0.5) is 17.6 Å². The van der Waals surface area contributed by atoms with Gasteiger partial charge in [-0.3, -0.25) is 0 Å². The molecule has 0 N–H and O–H groups in total. The number of rotatable bonds is 2. The van der Waals surface area contributed by atoms with Gasteiger partial charge in [-0.2, -0.15) is 20.2 Å². The highest BCUT2D eigenvalue weighted by atomic mass is 19.4. The van der Waals surface area contributed by atoms with Crippen LogP contribution in [0.25, 0.3) is 5.32 Å². The van der Waals surface area contributed by atoms with Crippen LogP contribution in [0.1, 0.15) is 11.1 Å². The van der Waals surface area contributed by atoms with Gasteiger partial charge in [-0.05, 0) is 17.7 Å². The topological polar surface area (TPSA) is 14.1 Å². The van der Waals surface area contributed by atoms with Crippen molar-refractivity contribution in [1.29, 1.82) is 0 Å². The minimum absolute atomic E-state index is 0.262. The molecule has 0 bridgehead atoms. The zero-order valence-corrected chi connectivity index (χ0v) is 7.40. The van der Waals surface area contributed by atoms with Gasteiger partial charge in [0.05, 0.1) is 5.56 Å². The van der Waals surface area contributed by atoms with E-state index in [1.54, 1.807) is 0 Å². The molecule has 1 aromatic rings. The standard InChI is InChI=1S/C9H8F4N/c1-14-5-6-7(9(11,12)13)3-2-4-8(6)10/h2-4H,5H2,1H3/q-1. The minimum atomic E-state index is -4.53. The minimum Gasteiger partial charge on any atom is -0.661 e. The number of nitrogens with zero attached hydrogens (tertiary/aromatic N) is 1. The molecular weight excluding hydrogens is 198 g/mol. The van der Waals surface area contributed by atoms with Crippen molar-refractivity contribution in [3.05, 3.63) is 40.5 Å². The lowest BCUT2D eigenvalue weighted by atomic mass is 10.1. The molecule has 1 aromatic carbocycles. The Labute approximate surface area is 78.7 Å². The lowest BCUT2D eigenvalue weighted by Gasteiger charge is -2.18. The molecule has 0 atom stereocenters. The molecule has 1 rings (SSSR count). The molecule has 0 aliphatic heterocycles. The molecule has 0 aliphatic rings. The summed E-state index contributed by atoms with van der Waals surface area (Å²) in [4.78, 5) is 0. The van der Waals surface area contributed by atoms with E-state index in [0.29, 0.717) is 0 Å². The van der Waals surface area contributed by atoms with Gasteiger partial charge in [0.2, 0.25) is 0 Å². The molecule has 1 nitrogen and oxygen atoms in total. The smallest absolute Gasteiger partial charge is 0.416 e. The highest BCUT2D eigenvalue weighted by Crippen LogP contribution is 2.33. The fourth-order valence-electron chi connectivity index (χ4n) is 1.14. The van der Waals surface area contributed by atoms with Crippen LogP contribution in [0.3, 0.4) is 0 Å². The maximum absolute atomic E-state index is 13.0. The van der Waals surface area contributed by atoms with Crippen molar-refractivity contribution >= 4 is 0 Å². The third-order valence-corrected chi connectivity index (χ3v) is 1.74. The fraction of sp³-hybridized carbons (Fsp3) is 0.333. The van der Waals surface area contributed by atoms with Crippen molar-refractivity contribution in [2.24, 2.45) is 0 Å². The third-order valence-electron chi connectivity index (χ3n) is 1.74. The van der Waals surface area contributed by atoms with Gasteiger partial charge in [-0.15, -0.1) is 6.54 Å². The summed E-state index contributed by atoms with van der Waals surface area (Å²) in [6, 6.07) is 2.89. The molecule has 0 saturated heterocycles. The van der Waals surface area contributed by atoms with Crippen LogP contribution in [0.15, 0.2) is 18.2 Å². The first-order valence-electron chi connectivity index (χ1n) is 3.87. The molecule has 78 valence electrons. The van der Waals surface area contributed by atoms with E-state index >= 15 is 0 Å². The lowest BCUT2D eigenvalue weighted by Crippen LogP contribution is -2.10. The SMILES string of the molecule is C[N-]Cc1c(F)cccc1C(F)(F)F. The number of alkyl halides is 3. The van der Waals surface area contributed by atoms with E-state index in [2.05, 4.69) is 5.32 Å². The van der Waals surface area contributed by atoms with Crippen LogP contribution in [-0.2, 0) is 12.7 Å². The molecule has 0 fully saturated rings. The second-order valence-electron chi connectivity index (χ2n) is 2.74. The molecule has 0 amide bonds. The van der Waals surface area contributed by atoms with Crippen molar-refractivity contribution in [2.75, 3.05) is 7.05 Å². The first-order valence-corrected chi connectivity index (χ1v) is 3.87.